The van der Waals surface area contributed by atoms with Gasteiger partial charge in [0, 0.05) is 12.0 Å². The van der Waals surface area contributed by atoms with E-state index in [-0.39, 0.29) is 22.6 Å². The fourth-order valence-corrected chi connectivity index (χ4v) is 6.38. The molecule has 0 spiro atoms. The maximum Gasteiger partial charge on any atom is 0.301 e. The third-order valence-corrected chi connectivity index (χ3v) is 8.44. The van der Waals surface area contributed by atoms with Gasteiger partial charge in [0.15, 0.2) is 16.6 Å². The molecule has 0 aliphatic carbocycles. The van der Waals surface area contributed by atoms with Crippen molar-refractivity contribution in [2.24, 2.45) is 0 Å². The highest BCUT2D eigenvalue weighted by molar-refractivity contribution is 7.22. The van der Waals surface area contributed by atoms with Gasteiger partial charge in [-0.05, 0) is 73.0 Å². The molecule has 4 aromatic rings. The zero-order valence-electron chi connectivity index (χ0n) is 23.3. The minimum atomic E-state index is -1.03. The number of aliphatic hydroxyl groups is 1. The average molecular weight is 589 g/mol. The van der Waals surface area contributed by atoms with Crippen LogP contribution in [-0.4, -0.2) is 41.6 Å². The van der Waals surface area contributed by atoms with Crippen molar-refractivity contribution in [3.8, 4) is 17.2 Å². The topological polar surface area (TPSA) is 98.2 Å². The van der Waals surface area contributed by atoms with Crippen molar-refractivity contribution in [2.45, 2.75) is 45.3 Å². The Labute approximate surface area is 246 Å². The highest BCUT2D eigenvalue weighted by Gasteiger charge is 2.48. The first-order valence-electron chi connectivity index (χ1n) is 13.8. The molecule has 0 radical (unpaired) electrons. The van der Waals surface area contributed by atoms with E-state index in [1.54, 1.807) is 36.4 Å². The number of halogens is 1. The number of unbranched alkanes of at least 4 members (excludes halogenated alkanes) is 1. The molecule has 216 valence electrons. The summed E-state index contributed by atoms with van der Waals surface area (Å²) < 4.78 is 31.8. The van der Waals surface area contributed by atoms with Crippen molar-refractivity contribution in [1.82, 2.24) is 4.98 Å². The third kappa shape index (κ3) is 4.85. The van der Waals surface area contributed by atoms with Crippen LogP contribution in [0, 0.1) is 5.82 Å². The molecule has 3 heterocycles. The van der Waals surface area contributed by atoms with E-state index in [0.717, 1.165) is 35.5 Å². The van der Waals surface area contributed by atoms with Gasteiger partial charge < -0.3 is 19.3 Å². The van der Waals surface area contributed by atoms with Crippen molar-refractivity contribution in [3.05, 3.63) is 82.7 Å². The number of anilines is 1. The van der Waals surface area contributed by atoms with Crippen LogP contribution in [0.5, 0.6) is 17.2 Å². The SMILES string of the molecule is CCCCOc1ccc([C@H]2C(=C(O)c3ccc4c(c3)C[C@H](C)O4)C(=O)C(=O)N2c2nc3ccc(F)cc3s2)cc1OC. The monoisotopic (exact) mass is 588 g/mol. The van der Waals surface area contributed by atoms with Crippen LogP contribution in [0.3, 0.4) is 0 Å². The number of thiazole rings is 1. The summed E-state index contributed by atoms with van der Waals surface area (Å²) in [6, 6.07) is 13.5. The quantitative estimate of drug-likeness (QED) is 0.108. The number of carbonyl (C=O) groups excluding carboxylic acids is 2. The predicted octanol–water partition coefficient (Wildman–Crippen LogP) is 6.57. The number of aliphatic hydroxyl groups excluding tert-OH is 1. The Hall–Kier alpha value is -4.44. The van der Waals surface area contributed by atoms with Crippen LogP contribution in [0.4, 0.5) is 9.52 Å². The average Bonchev–Trinajstić information content (AvgIpc) is 3.64. The number of amides is 1. The van der Waals surface area contributed by atoms with Gasteiger partial charge in [-0.15, -0.1) is 0 Å². The zero-order chi connectivity index (χ0) is 29.5. The van der Waals surface area contributed by atoms with Gasteiger partial charge in [0.1, 0.15) is 23.4 Å². The van der Waals surface area contributed by atoms with Gasteiger partial charge in [0.2, 0.25) is 0 Å². The number of aromatic nitrogens is 1. The smallest absolute Gasteiger partial charge is 0.301 e. The summed E-state index contributed by atoms with van der Waals surface area (Å²) in [7, 11) is 1.51. The van der Waals surface area contributed by atoms with Gasteiger partial charge in [0.05, 0.1) is 35.5 Å². The molecule has 0 bridgehead atoms. The minimum absolute atomic E-state index is 0.00243. The van der Waals surface area contributed by atoms with Crippen molar-refractivity contribution in [3.63, 3.8) is 0 Å². The van der Waals surface area contributed by atoms with E-state index in [1.807, 2.05) is 6.92 Å². The lowest BCUT2D eigenvalue weighted by atomic mass is 9.94. The summed E-state index contributed by atoms with van der Waals surface area (Å²) in [4.78, 5) is 33.1. The van der Waals surface area contributed by atoms with Crippen LogP contribution in [0.1, 0.15) is 49.4 Å². The van der Waals surface area contributed by atoms with Crippen molar-refractivity contribution >= 4 is 44.1 Å². The van der Waals surface area contributed by atoms with E-state index in [9.17, 15) is 19.1 Å². The second kappa shape index (κ2) is 11.1. The number of carbonyl (C=O) groups is 2. The summed E-state index contributed by atoms with van der Waals surface area (Å²) in [5.74, 6) is -0.774. The lowest BCUT2D eigenvalue weighted by Crippen LogP contribution is -2.29. The fourth-order valence-electron chi connectivity index (χ4n) is 5.36. The van der Waals surface area contributed by atoms with E-state index >= 15 is 0 Å². The number of rotatable bonds is 8. The Balaban J connectivity index is 1.51. The third-order valence-electron chi connectivity index (χ3n) is 7.42. The summed E-state index contributed by atoms with van der Waals surface area (Å²) in [5, 5.41) is 11.8. The van der Waals surface area contributed by atoms with Crippen molar-refractivity contribution in [2.75, 3.05) is 18.6 Å². The maximum absolute atomic E-state index is 14.0. The largest absolute Gasteiger partial charge is 0.507 e. The van der Waals surface area contributed by atoms with E-state index in [1.165, 1.54) is 30.2 Å². The number of hydrogen-bond acceptors (Lipinski definition) is 8. The number of ketones is 1. The molecule has 2 aliphatic heterocycles. The van der Waals surface area contributed by atoms with Gasteiger partial charge in [-0.1, -0.05) is 30.7 Å². The number of hydrogen-bond donors (Lipinski definition) is 1. The first-order chi connectivity index (χ1) is 20.3. The molecular formula is C32H29FN2O6S. The molecular weight excluding hydrogens is 559 g/mol. The fraction of sp³-hybridized carbons (Fsp3) is 0.281. The van der Waals surface area contributed by atoms with Crippen LogP contribution < -0.4 is 19.1 Å². The summed E-state index contributed by atoms with van der Waals surface area (Å²) in [6.07, 6.45) is 2.49. The first kappa shape index (κ1) is 27.7. The van der Waals surface area contributed by atoms with Gasteiger partial charge in [-0.2, -0.15) is 0 Å². The minimum Gasteiger partial charge on any atom is -0.507 e. The molecule has 1 saturated heterocycles. The number of benzene rings is 3. The summed E-state index contributed by atoms with van der Waals surface area (Å²) in [5.41, 5.74) is 2.22. The van der Waals surface area contributed by atoms with E-state index in [4.69, 9.17) is 14.2 Å². The van der Waals surface area contributed by atoms with Crippen LogP contribution in [0.15, 0.2) is 60.2 Å². The van der Waals surface area contributed by atoms with Gasteiger partial charge in [0.25, 0.3) is 5.78 Å². The van der Waals surface area contributed by atoms with Crippen LogP contribution in [0.25, 0.3) is 16.0 Å². The van der Waals surface area contributed by atoms with E-state index in [2.05, 4.69) is 11.9 Å². The molecule has 8 nitrogen and oxygen atoms in total. The predicted molar refractivity (Wildman–Crippen MR) is 158 cm³/mol. The molecule has 1 aromatic heterocycles. The zero-order valence-corrected chi connectivity index (χ0v) is 24.2. The molecule has 2 aliphatic rings. The number of fused-ring (bicyclic) bond motifs is 2. The standard InChI is InChI=1S/C32H29FN2O6S/c1-4-5-12-40-24-11-6-18(15-25(24)39-3)28-27(29(36)19-7-10-23-20(14-19)13-17(2)41-23)30(37)31(38)35(28)32-34-22-9-8-21(33)16-26(22)42-32/h6-11,14-17,28,36H,4-5,12-13H2,1-3H3/t17-,28-/m0/s1. The summed E-state index contributed by atoms with van der Waals surface area (Å²) >= 11 is 1.09. The normalized spacial score (nSPS) is 19.3. The molecule has 2 atom stereocenters. The molecule has 1 amide bonds. The summed E-state index contributed by atoms with van der Waals surface area (Å²) in [6.45, 7) is 4.53. The van der Waals surface area contributed by atoms with Gasteiger partial charge >= 0.3 is 5.91 Å². The molecule has 10 heteroatoms. The molecule has 42 heavy (non-hydrogen) atoms. The van der Waals surface area contributed by atoms with Crippen LogP contribution >= 0.6 is 11.3 Å². The van der Waals surface area contributed by atoms with Crippen LogP contribution in [-0.2, 0) is 16.0 Å². The Kier molecular flexibility index (Phi) is 7.32. The number of ether oxygens (including phenoxy) is 3. The molecule has 0 unspecified atom stereocenters. The molecule has 1 fully saturated rings. The van der Waals surface area contributed by atoms with E-state index < -0.39 is 23.5 Å². The van der Waals surface area contributed by atoms with Gasteiger partial charge in [-0.3, -0.25) is 14.5 Å². The Bertz CT molecular complexity index is 1750. The van der Waals surface area contributed by atoms with Gasteiger partial charge in [-0.25, -0.2) is 9.37 Å². The maximum atomic E-state index is 14.0. The molecule has 3 aromatic carbocycles. The number of nitrogens with zero attached hydrogens (tertiary/aromatic N) is 2. The Morgan fingerprint density at radius 3 is 2.76 bits per heavy atom. The second-order valence-electron chi connectivity index (χ2n) is 10.3. The number of Topliss-reactive ketones (excluding diaryl/α,β-unsaturated/α-hetero) is 1. The first-order valence-corrected chi connectivity index (χ1v) is 14.6. The van der Waals surface area contributed by atoms with Crippen molar-refractivity contribution < 1.29 is 33.3 Å². The molecule has 0 saturated carbocycles. The molecule has 1 N–H and O–H groups in total. The van der Waals surface area contributed by atoms with E-state index in [0.29, 0.717) is 45.9 Å². The lowest BCUT2D eigenvalue weighted by molar-refractivity contribution is -0.132. The highest BCUT2D eigenvalue weighted by Crippen LogP contribution is 2.46. The van der Waals surface area contributed by atoms with Crippen LogP contribution in [0.2, 0.25) is 0 Å². The number of methoxy groups -OCH3 is 1. The van der Waals surface area contributed by atoms with Crippen molar-refractivity contribution in [1.29, 1.82) is 0 Å². The second-order valence-corrected chi connectivity index (χ2v) is 11.4. The molecule has 6 rings (SSSR count). The Morgan fingerprint density at radius 1 is 1.14 bits per heavy atom. The lowest BCUT2D eigenvalue weighted by Gasteiger charge is -2.24. The Morgan fingerprint density at radius 2 is 1.98 bits per heavy atom. The highest BCUT2D eigenvalue weighted by atomic mass is 32.1.